The van der Waals surface area contributed by atoms with Gasteiger partial charge in [-0.15, -0.1) is 0 Å². The second-order valence-corrected chi connectivity index (χ2v) is 8.99. The van der Waals surface area contributed by atoms with Crippen molar-refractivity contribution in [2.45, 2.75) is 50.6 Å². The third-order valence-electron chi connectivity index (χ3n) is 6.74. The molecular weight excluding hydrogens is 386 g/mol. The molecule has 0 radical (unpaired) electrons. The summed E-state index contributed by atoms with van der Waals surface area (Å²) in [6.45, 7) is 2.07. The molecular formula is C25H31N5O. The van der Waals surface area contributed by atoms with E-state index in [0.717, 1.165) is 43.1 Å². The molecule has 2 aliphatic rings. The first kappa shape index (κ1) is 20.1. The van der Waals surface area contributed by atoms with E-state index >= 15 is 0 Å². The quantitative estimate of drug-likeness (QED) is 0.631. The van der Waals surface area contributed by atoms with Crippen LogP contribution < -0.4 is 10.6 Å². The Morgan fingerprint density at radius 3 is 2.42 bits per heavy atom. The average molecular weight is 418 g/mol. The smallest absolute Gasteiger partial charge is 0.251 e. The number of nitrogens with one attached hydrogen (secondary N) is 2. The second kappa shape index (κ2) is 8.71. The number of carbonyl (C=O) groups excluding carboxylic acids is 1. The Morgan fingerprint density at radius 1 is 0.968 bits per heavy atom. The number of imidazole rings is 1. The fourth-order valence-electron chi connectivity index (χ4n) is 4.92. The van der Waals surface area contributed by atoms with Gasteiger partial charge in [0.25, 0.3) is 5.91 Å². The predicted molar refractivity (Wildman–Crippen MR) is 125 cm³/mol. The number of hydrogen-bond donors (Lipinski definition) is 2. The van der Waals surface area contributed by atoms with E-state index in [4.69, 9.17) is 4.98 Å². The Labute approximate surface area is 183 Å². The van der Waals surface area contributed by atoms with Crippen molar-refractivity contribution < 1.29 is 4.79 Å². The summed E-state index contributed by atoms with van der Waals surface area (Å²) in [6, 6.07) is 16.9. The number of rotatable bonds is 5. The van der Waals surface area contributed by atoms with Gasteiger partial charge in [0.15, 0.2) is 0 Å². The van der Waals surface area contributed by atoms with E-state index in [9.17, 15) is 4.79 Å². The molecule has 0 unspecified atom stereocenters. The van der Waals surface area contributed by atoms with Crippen molar-refractivity contribution in [3.8, 4) is 0 Å². The van der Waals surface area contributed by atoms with Crippen LogP contribution in [0.4, 0.5) is 11.6 Å². The van der Waals surface area contributed by atoms with Crippen LogP contribution in [0.25, 0.3) is 11.0 Å². The summed E-state index contributed by atoms with van der Waals surface area (Å²) in [6.07, 6.45) is 6.98. The average Bonchev–Trinajstić information content (AvgIpc) is 3.43. The standard InChI is InChI=1S/C25H31N5O/c1-29-16-14-20(15-17-29)26-24(31)18-10-12-19(13-11-18)27-25-28-22-8-4-5-9-23(22)30(25)21-6-2-3-7-21/h4-5,8-13,20-21H,2-3,6-7,14-17H2,1H3,(H,26,31)(H,27,28). The van der Waals surface area contributed by atoms with Gasteiger partial charge in [0.2, 0.25) is 5.95 Å². The zero-order valence-electron chi connectivity index (χ0n) is 18.2. The van der Waals surface area contributed by atoms with Crippen molar-refractivity contribution in [3.63, 3.8) is 0 Å². The molecule has 1 aromatic heterocycles. The van der Waals surface area contributed by atoms with Gasteiger partial charge in [-0.1, -0.05) is 25.0 Å². The Hall–Kier alpha value is -2.86. The van der Waals surface area contributed by atoms with Crippen LogP contribution in [0.1, 0.15) is 54.9 Å². The highest BCUT2D eigenvalue weighted by Crippen LogP contribution is 2.36. The third-order valence-corrected chi connectivity index (χ3v) is 6.74. The SMILES string of the molecule is CN1CCC(NC(=O)c2ccc(Nc3nc4ccccc4n3C3CCCC3)cc2)CC1. The van der Waals surface area contributed by atoms with Crippen LogP contribution in [-0.4, -0.2) is 46.5 Å². The van der Waals surface area contributed by atoms with Crippen molar-refractivity contribution in [2.24, 2.45) is 0 Å². The Bertz CT molecular complexity index is 1040. The minimum atomic E-state index is 0.0132. The molecule has 6 nitrogen and oxygen atoms in total. The summed E-state index contributed by atoms with van der Waals surface area (Å²) >= 11 is 0. The summed E-state index contributed by atoms with van der Waals surface area (Å²) in [7, 11) is 2.13. The molecule has 2 N–H and O–H groups in total. The van der Waals surface area contributed by atoms with E-state index in [-0.39, 0.29) is 11.9 Å². The number of likely N-dealkylation sites (tertiary alicyclic amines) is 1. The third kappa shape index (κ3) is 4.30. The summed E-state index contributed by atoms with van der Waals surface area (Å²) in [4.78, 5) is 19.8. The van der Waals surface area contributed by atoms with Crippen molar-refractivity contribution in [3.05, 3.63) is 54.1 Å². The summed E-state index contributed by atoms with van der Waals surface area (Å²) < 4.78 is 2.36. The Morgan fingerprint density at radius 2 is 1.68 bits per heavy atom. The fourth-order valence-corrected chi connectivity index (χ4v) is 4.92. The van der Waals surface area contributed by atoms with Crippen LogP contribution in [0.5, 0.6) is 0 Å². The van der Waals surface area contributed by atoms with Gasteiger partial charge in [-0.2, -0.15) is 0 Å². The van der Waals surface area contributed by atoms with Crippen LogP contribution in [0.15, 0.2) is 48.5 Å². The lowest BCUT2D eigenvalue weighted by molar-refractivity contribution is 0.0917. The molecule has 5 rings (SSSR count). The molecule has 0 spiro atoms. The predicted octanol–water partition coefficient (Wildman–Crippen LogP) is 4.72. The fraction of sp³-hybridized carbons (Fsp3) is 0.440. The minimum Gasteiger partial charge on any atom is -0.349 e. The van der Waals surface area contributed by atoms with E-state index < -0.39 is 0 Å². The number of anilines is 2. The maximum Gasteiger partial charge on any atom is 0.251 e. The molecule has 31 heavy (non-hydrogen) atoms. The van der Waals surface area contributed by atoms with Crippen molar-refractivity contribution >= 4 is 28.6 Å². The van der Waals surface area contributed by atoms with E-state index in [0.29, 0.717) is 11.6 Å². The lowest BCUT2D eigenvalue weighted by Gasteiger charge is -2.29. The molecule has 1 saturated carbocycles. The molecule has 3 aromatic rings. The molecule has 2 aromatic carbocycles. The monoisotopic (exact) mass is 417 g/mol. The van der Waals surface area contributed by atoms with Crippen LogP contribution in [0.3, 0.4) is 0 Å². The molecule has 0 bridgehead atoms. The van der Waals surface area contributed by atoms with Gasteiger partial charge in [-0.05, 0) is 82.2 Å². The molecule has 1 aliphatic carbocycles. The number of amides is 1. The van der Waals surface area contributed by atoms with Crippen LogP contribution in [-0.2, 0) is 0 Å². The maximum atomic E-state index is 12.6. The maximum absolute atomic E-state index is 12.6. The summed E-state index contributed by atoms with van der Waals surface area (Å²) in [5, 5.41) is 6.69. The molecule has 1 saturated heterocycles. The number of fused-ring (bicyclic) bond motifs is 1. The van der Waals surface area contributed by atoms with Crippen LogP contribution in [0.2, 0.25) is 0 Å². The number of hydrogen-bond acceptors (Lipinski definition) is 4. The van der Waals surface area contributed by atoms with Gasteiger partial charge in [0, 0.05) is 23.3 Å². The van der Waals surface area contributed by atoms with Gasteiger partial charge in [-0.25, -0.2) is 4.98 Å². The van der Waals surface area contributed by atoms with Crippen LogP contribution in [0, 0.1) is 0 Å². The van der Waals surface area contributed by atoms with E-state index in [1.807, 2.05) is 30.3 Å². The number of piperidine rings is 1. The molecule has 0 atom stereocenters. The Balaban J connectivity index is 1.31. The topological polar surface area (TPSA) is 62.2 Å². The van der Waals surface area contributed by atoms with Crippen molar-refractivity contribution in [2.75, 3.05) is 25.5 Å². The first-order valence-electron chi connectivity index (χ1n) is 11.5. The number of benzene rings is 2. The number of nitrogens with zero attached hydrogens (tertiary/aromatic N) is 3. The van der Waals surface area contributed by atoms with E-state index in [2.05, 4.69) is 45.3 Å². The number of carbonyl (C=O) groups is 1. The van der Waals surface area contributed by atoms with Gasteiger partial charge in [0.1, 0.15) is 0 Å². The zero-order chi connectivity index (χ0) is 21.2. The Kier molecular flexibility index (Phi) is 5.64. The largest absolute Gasteiger partial charge is 0.349 e. The normalized spacial score (nSPS) is 18.5. The summed E-state index contributed by atoms with van der Waals surface area (Å²) in [5.74, 6) is 0.899. The molecule has 162 valence electrons. The molecule has 6 heteroatoms. The van der Waals surface area contributed by atoms with Gasteiger partial charge < -0.3 is 20.1 Å². The molecule has 1 aliphatic heterocycles. The highest BCUT2D eigenvalue weighted by atomic mass is 16.1. The highest BCUT2D eigenvalue weighted by Gasteiger charge is 2.23. The zero-order valence-corrected chi connectivity index (χ0v) is 18.2. The lowest BCUT2D eigenvalue weighted by Crippen LogP contribution is -2.43. The summed E-state index contributed by atoms with van der Waals surface area (Å²) in [5.41, 5.74) is 3.86. The number of para-hydroxylation sites is 2. The van der Waals surface area contributed by atoms with Gasteiger partial charge >= 0.3 is 0 Å². The van der Waals surface area contributed by atoms with E-state index in [1.54, 1.807) is 0 Å². The van der Waals surface area contributed by atoms with Crippen LogP contribution >= 0.6 is 0 Å². The number of aromatic nitrogens is 2. The van der Waals surface area contributed by atoms with Crippen molar-refractivity contribution in [1.29, 1.82) is 0 Å². The van der Waals surface area contributed by atoms with Crippen molar-refractivity contribution in [1.82, 2.24) is 19.8 Å². The van der Waals surface area contributed by atoms with Gasteiger partial charge in [0.05, 0.1) is 11.0 Å². The molecule has 2 heterocycles. The molecule has 2 fully saturated rings. The lowest BCUT2D eigenvalue weighted by atomic mass is 10.0. The van der Waals surface area contributed by atoms with Gasteiger partial charge in [-0.3, -0.25) is 4.79 Å². The molecule has 1 amide bonds. The second-order valence-electron chi connectivity index (χ2n) is 8.99. The first-order valence-corrected chi connectivity index (χ1v) is 11.5. The minimum absolute atomic E-state index is 0.0132. The first-order chi connectivity index (χ1) is 15.2. The highest BCUT2D eigenvalue weighted by molar-refractivity contribution is 5.94. The van der Waals surface area contributed by atoms with E-state index in [1.165, 1.54) is 31.2 Å².